The highest BCUT2D eigenvalue weighted by Crippen LogP contribution is 2.19. The number of nitrogens with two attached hydrogens (primary N) is 1. The molecule has 0 aliphatic carbocycles. The molecule has 0 saturated heterocycles. The van der Waals surface area contributed by atoms with E-state index in [4.69, 9.17) is 22.6 Å². The van der Waals surface area contributed by atoms with Crippen LogP contribution < -0.4 is 5.73 Å². The summed E-state index contributed by atoms with van der Waals surface area (Å²) < 4.78 is 0. The average Bonchev–Trinajstić information content (AvgIpc) is 2.05. The minimum atomic E-state index is -0.385. The van der Waals surface area contributed by atoms with Crippen molar-refractivity contribution in [1.82, 2.24) is 4.98 Å². The fourth-order valence-corrected chi connectivity index (χ4v) is 1.13. The van der Waals surface area contributed by atoms with Crippen molar-refractivity contribution in [2.24, 2.45) is 5.73 Å². The molecule has 2 N–H and O–H groups in total. The van der Waals surface area contributed by atoms with Crippen molar-refractivity contribution in [2.45, 2.75) is 12.5 Å². The number of halogens is 1. The lowest BCUT2D eigenvalue weighted by atomic mass is 10.1. The molecule has 0 saturated carbocycles. The fraction of sp³-hybridized carbons (Fsp3) is 0.250. The lowest BCUT2D eigenvalue weighted by Crippen LogP contribution is -2.11. The predicted octanol–water partition coefficient (Wildman–Crippen LogP) is 1.65. The molecule has 4 heteroatoms. The van der Waals surface area contributed by atoms with Crippen LogP contribution in [0.4, 0.5) is 0 Å². The summed E-state index contributed by atoms with van der Waals surface area (Å²) in [5.41, 5.74) is 6.22. The van der Waals surface area contributed by atoms with Crippen molar-refractivity contribution >= 4 is 11.6 Å². The number of aromatic nitrogens is 1. The van der Waals surface area contributed by atoms with E-state index in [1.807, 2.05) is 6.07 Å². The maximum absolute atomic E-state index is 8.39. The molecule has 1 unspecified atom stereocenters. The molecule has 0 bridgehead atoms. The molecule has 0 spiro atoms. The Morgan fingerprint density at radius 2 is 2.50 bits per heavy atom. The summed E-state index contributed by atoms with van der Waals surface area (Å²) in [7, 11) is 0. The number of nitrogens with zero attached hydrogens (tertiary/aromatic N) is 2. The summed E-state index contributed by atoms with van der Waals surface area (Å²) in [5, 5.41) is 8.90. The first-order valence-electron chi connectivity index (χ1n) is 3.48. The Kier molecular flexibility index (Phi) is 3.03. The normalized spacial score (nSPS) is 12.1. The molecule has 1 heterocycles. The maximum Gasteiger partial charge on any atom is 0.0767 e. The van der Waals surface area contributed by atoms with Crippen molar-refractivity contribution in [3.8, 4) is 6.07 Å². The van der Waals surface area contributed by atoms with Crippen LogP contribution >= 0.6 is 11.6 Å². The van der Waals surface area contributed by atoms with Crippen LogP contribution in [0.1, 0.15) is 18.2 Å². The van der Waals surface area contributed by atoms with Gasteiger partial charge in [-0.1, -0.05) is 11.6 Å². The van der Waals surface area contributed by atoms with Crippen molar-refractivity contribution in [3.63, 3.8) is 0 Å². The van der Waals surface area contributed by atoms with Crippen molar-refractivity contribution < 1.29 is 0 Å². The van der Waals surface area contributed by atoms with Gasteiger partial charge in [-0.05, 0) is 12.1 Å². The summed E-state index contributed by atoms with van der Waals surface area (Å²) in [5.74, 6) is 0. The lowest BCUT2D eigenvalue weighted by molar-refractivity contribution is 0.720. The summed E-state index contributed by atoms with van der Waals surface area (Å²) in [6.07, 6.45) is 1.84. The van der Waals surface area contributed by atoms with Crippen LogP contribution in [0.2, 0.25) is 5.02 Å². The number of hydrogen-bond donors (Lipinski definition) is 1. The number of nitriles is 1. The van der Waals surface area contributed by atoms with Gasteiger partial charge in [-0.2, -0.15) is 5.26 Å². The van der Waals surface area contributed by atoms with E-state index in [0.717, 1.165) is 0 Å². The van der Waals surface area contributed by atoms with Gasteiger partial charge < -0.3 is 5.73 Å². The predicted molar refractivity (Wildman–Crippen MR) is 46.4 cm³/mol. The molecule has 1 aromatic heterocycles. The smallest absolute Gasteiger partial charge is 0.0767 e. The Morgan fingerprint density at radius 3 is 3.08 bits per heavy atom. The maximum atomic E-state index is 8.39. The summed E-state index contributed by atoms with van der Waals surface area (Å²) in [6.45, 7) is 0. The third-order valence-electron chi connectivity index (χ3n) is 1.45. The van der Waals surface area contributed by atoms with Crippen LogP contribution in [-0.2, 0) is 0 Å². The van der Waals surface area contributed by atoms with E-state index in [2.05, 4.69) is 4.98 Å². The molecule has 1 rings (SSSR count). The Balaban J connectivity index is 2.88. The Hall–Kier alpha value is -1.11. The number of hydrogen-bond acceptors (Lipinski definition) is 3. The highest BCUT2D eigenvalue weighted by molar-refractivity contribution is 6.31. The first kappa shape index (κ1) is 8.98. The second kappa shape index (κ2) is 4.05. The molecule has 0 aliphatic heterocycles. The van der Waals surface area contributed by atoms with Gasteiger partial charge in [0, 0.05) is 6.20 Å². The quantitative estimate of drug-likeness (QED) is 0.755. The van der Waals surface area contributed by atoms with E-state index in [9.17, 15) is 0 Å². The second-order valence-corrected chi connectivity index (χ2v) is 2.75. The lowest BCUT2D eigenvalue weighted by Gasteiger charge is -2.07. The molecule has 62 valence electrons. The van der Waals surface area contributed by atoms with Gasteiger partial charge in [0.2, 0.25) is 0 Å². The van der Waals surface area contributed by atoms with Gasteiger partial charge in [-0.15, -0.1) is 0 Å². The molecule has 1 atom stereocenters. The van der Waals surface area contributed by atoms with E-state index in [1.165, 1.54) is 0 Å². The largest absolute Gasteiger partial charge is 0.322 e. The molecule has 1 aromatic rings. The average molecular weight is 182 g/mol. The third-order valence-corrected chi connectivity index (χ3v) is 1.77. The number of pyridine rings is 1. The van der Waals surface area contributed by atoms with Crippen LogP contribution in [0.3, 0.4) is 0 Å². The SMILES string of the molecule is N#CCC(N)c1ncccc1Cl. The minimum absolute atomic E-state index is 0.233. The fourth-order valence-electron chi connectivity index (χ4n) is 0.866. The number of rotatable bonds is 2. The van der Waals surface area contributed by atoms with Crippen LogP contribution in [-0.4, -0.2) is 4.98 Å². The minimum Gasteiger partial charge on any atom is -0.322 e. The van der Waals surface area contributed by atoms with Crippen LogP contribution in [0.5, 0.6) is 0 Å². The van der Waals surface area contributed by atoms with Gasteiger partial charge >= 0.3 is 0 Å². The third kappa shape index (κ3) is 1.94. The molecule has 0 aliphatic rings. The molecule has 0 amide bonds. The highest BCUT2D eigenvalue weighted by atomic mass is 35.5. The Labute approximate surface area is 75.8 Å². The highest BCUT2D eigenvalue weighted by Gasteiger charge is 2.09. The summed E-state index contributed by atoms with van der Waals surface area (Å²) >= 11 is 5.80. The van der Waals surface area contributed by atoms with E-state index >= 15 is 0 Å². The van der Waals surface area contributed by atoms with Crippen LogP contribution in [0.15, 0.2) is 18.3 Å². The Morgan fingerprint density at radius 1 is 1.75 bits per heavy atom. The van der Waals surface area contributed by atoms with Gasteiger partial charge in [0.1, 0.15) is 0 Å². The topological polar surface area (TPSA) is 62.7 Å². The van der Waals surface area contributed by atoms with E-state index in [0.29, 0.717) is 10.7 Å². The Bertz CT molecular complexity index is 305. The summed E-state index contributed by atoms with van der Waals surface area (Å²) in [6, 6.07) is 5.02. The molecule has 0 fully saturated rings. The van der Waals surface area contributed by atoms with Crippen molar-refractivity contribution in [1.29, 1.82) is 5.26 Å². The zero-order valence-electron chi connectivity index (χ0n) is 6.37. The van der Waals surface area contributed by atoms with Crippen molar-refractivity contribution in [3.05, 3.63) is 29.0 Å². The van der Waals surface area contributed by atoms with Gasteiger partial charge in [0.05, 0.1) is 29.2 Å². The zero-order chi connectivity index (χ0) is 8.97. The monoisotopic (exact) mass is 181 g/mol. The zero-order valence-corrected chi connectivity index (χ0v) is 7.12. The molecular weight excluding hydrogens is 174 g/mol. The molecule has 0 aromatic carbocycles. The summed E-state index contributed by atoms with van der Waals surface area (Å²) in [4.78, 5) is 3.99. The first-order chi connectivity index (χ1) is 5.75. The van der Waals surface area contributed by atoms with E-state index in [-0.39, 0.29) is 12.5 Å². The van der Waals surface area contributed by atoms with Crippen LogP contribution in [0.25, 0.3) is 0 Å². The molecule has 0 radical (unpaired) electrons. The van der Waals surface area contributed by atoms with Gasteiger partial charge in [0.15, 0.2) is 0 Å². The van der Waals surface area contributed by atoms with Gasteiger partial charge in [-0.3, -0.25) is 4.98 Å². The van der Waals surface area contributed by atoms with Gasteiger partial charge in [0.25, 0.3) is 0 Å². The van der Waals surface area contributed by atoms with Crippen LogP contribution in [0, 0.1) is 11.3 Å². The second-order valence-electron chi connectivity index (χ2n) is 2.34. The molecule has 3 nitrogen and oxygen atoms in total. The van der Waals surface area contributed by atoms with Crippen molar-refractivity contribution in [2.75, 3.05) is 0 Å². The standard InChI is InChI=1S/C8H8ClN3/c9-6-2-1-5-12-8(6)7(11)3-4-10/h1-2,5,7H,3,11H2. The molecular formula is C8H8ClN3. The first-order valence-corrected chi connectivity index (χ1v) is 3.86. The van der Waals surface area contributed by atoms with E-state index in [1.54, 1.807) is 18.3 Å². The van der Waals surface area contributed by atoms with E-state index < -0.39 is 0 Å². The van der Waals surface area contributed by atoms with Gasteiger partial charge in [-0.25, -0.2) is 0 Å². The molecule has 12 heavy (non-hydrogen) atoms.